The number of hydrogen-bond donors (Lipinski definition) is 1. The van der Waals surface area contributed by atoms with Gasteiger partial charge in [0.05, 0.1) is 0 Å². The smallest absolute Gasteiger partial charge is 0.298 e. The molecule has 0 aliphatic heterocycles. The zero-order valence-corrected chi connectivity index (χ0v) is 12.8. The van der Waals surface area contributed by atoms with Crippen molar-refractivity contribution in [2.24, 2.45) is 0 Å². The molecular weight excluding hydrogens is 300 g/mol. The fourth-order valence-corrected chi connectivity index (χ4v) is 3.18. The van der Waals surface area contributed by atoms with Crippen molar-refractivity contribution in [1.82, 2.24) is 0 Å². The maximum Gasteiger partial charge on any atom is 0.298 e. The molecule has 4 aromatic rings. The Balaban J connectivity index is 2.19. The van der Waals surface area contributed by atoms with Crippen LogP contribution in [0.1, 0.15) is 0 Å². The third-order valence-corrected chi connectivity index (χ3v) is 4.22. The molecule has 4 aromatic carbocycles. The second-order valence-electron chi connectivity index (χ2n) is 5.55. The van der Waals surface area contributed by atoms with Gasteiger partial charge in [-0.25, -0.2) is 0 Å². The fourth-order valence-electron chi connectivity index (χ4n) is 3.18. The highest BCUT2D eigenvalue weighted by atomic mass is 16.5. The number of rotatable bonds is 3. The molecular formula is C21H14O3. The van der Waals surface area contributed by atoms with E-state index in [1.165, 1.54) is 0 Å². The first-order chi connectivity index (χ1) is 11.8. The molecule has 0 aromatic heterocycles. The maximum absolute atomic E-state index is 11.0. The van der Waals surface area contributed by atoms with Gasteiger partial charge in [0, 0.05) is 11.1 Å². The van der Waals surface area contributed by atoms with Crippen LogP contribution < -0.4 is 4.74 Å². The van der Waals surface area contributed by atoms with Crippen LogP contribution in [0.15, 0.2) is 72.8 Å². The van der Waals surface area contributed by atoms with Crippen molar-refractivity contribution in [3.63, 3.8) is 0 Å². The molecule has 116 valence electrons. The largest absolute Gasteiger partial charge is 0.507 e. The Morgan fingerprint density at radius 1 is 0.708 bits per heavy atom. The summed E-state index contributed by atoms with van der Waals surface area (Å²) in [5.74, 6) is 0.580. The number of carbonyl (C=O) groups excluding carboxylic acids is 1. The molecule has 0 spiro atoms. The van der Waals surface area contributed by atoms with Gasteiger partial charge in [0.2, 0.25) is 0 Å². The van der Waals surface area contributed by atoms with E-state index < -0.39 is 0 Å². The summed E-state index contributed by atoms with van der Waals surface area (Å²) in [5, 5.41) is 14.4. The molecule has 0 amide bonds. The van der Waals surface area contributed by atoms with Gasteiger partial charge >= 0.3 is 0 Å². The molecule has 0 aliphatic rings. The lowest BCUT2D eigenvalue weighted by atomic mass is 9.92. The first-order valence-corrected chi connectivity index (χ1v) is 7.63. The second kappa shape index (κ2) is 5.70. The van der Waals surface area contributed by atoms with E-state index in [0.717, 1.165) is 27.1 Å². The molecule has 24 heavy (non-hydrogen) atoms. The van der Waals surface area contributed by atoms with Crippen molar-refractivity contribution < 1.29 is 14.6 Å². The number of ether oxygens (including phenoxy) is 1. The van der Waals surface area contributed by atoms with Gasteiger partial charge in [-0.1, -0.05) is 60.7 Å². The maximum atomic E-state index is 11.0. The minimum Gasteiger partial charge on any atom is -0.507 e. The number of benzene rings is 4. The Kier molecular flexibility index (Phi) is 3.39. The molecule has 0 fully saturated rings. The molecule has 4 rings (SSSR count). The molecule has 0 unspecified atom stereocenters. The minimum atomic E-state index is 0.154. The van der Waals surface area contributed by atoms with Crippen LogP contribution in [0.5, 0.6) is 11.5 Å². The summed E-state index contributed by atoms with van der Waals surface area (Å²) in [7, 11) is 0. The van der Waals surface area contributed by atoms with Crippen LogP contribution in [0.4, 0.5) is 0 Å². The molecule has 3 heteroatoms. The van der Waals surface area contributed by atoms with Gasteiger partial charge in [-0.15, -0.1) is 0 Å². The van der Waals surface area contributed by atoms with Gasteiger partial charge in [-0.2, -0.15) is 0 Å². The predicted octanol–water partition coefficient (Wildman–Crippen LogP) is 4.90. The van der Waals surface area contributed by atoms with Crippen LogP contribution in [0.3, 0.4) is 0 Å². The normalized spacial score (nSPS) is 10.8. The quantitative estimate of drug-likeness (QED) is 0.547. The van der Waals surface area contributed by atoms with E-state index in [1.807, 2.05) is 60.7 Å². The lowest BCUT2D eigenvalue weighted by Gasteiger charge is -2.15. The van der Waals surface area contributed by atoms with E-state index >= 15 is 0 Å². The summed E-state index contributed by atoms with van der Waals surface area (Å²) in [6.07, 6.45) is 0. The molecule has 0 radical (unpaired) electrons. The molecule has 1 N–H and O–H groups in total. The van der Waals surface area contributed by atoms with E-state index in [4.69, 9.17) is 4.74 Å². The van der Waals surface area contributed by atoms with Crippen LogP contribution in [0.25, 0.3) is 32.7 Å². The van der Waals surface area contributed by atoms with E-state index in [9.17, 15) is 9.90 Å². The summed E-state index contributed by atoms with van der Waals surface area (Å²) in [6.45, 7) is 0.412. The summed E-state index contributed by atoms with van der Waals surface area (Å²) in [6, 6.07) is 22.9. The molecule has 0 saturated heterocycles. The highest BCUT2D eigenvalue weighted by Crippen LogP contribution is 2.44. The van der Waals surface area contributed by atoms with Crippen molar-refractivity contribution in [3.05, 3.63) is 72.8 Å². The Hall–Kier alpha value is -3.33. The van der Waals surface area contributed by atoms with Crippen molar-refractivity contribution in [2.75, 3.05) is 0 Å². The highest BCUT2D eigenvalue weighted by molar-refractivity contribution is 6.09. The van der Waals surface area contributed by atoms with Gasteiger partial charge in [-0.3, -0.25) is 4.79 Å². The molecule has 0 atom stereocenters. The number of hydrogen-bond acceptors (Lipinski definition) is 3. The van der Waals surface area contributed by atoms with Gasteiger partial charge < -0.3 is 9.84 Å². The summed E-state index contributed by atoms with van der Waals surface area (Å²) in [5.41, 5.74) is 1.39. The summed E-state index contributed by atoms with van der Waals surface area (Å²) < 4.78 is 5.21. The Labute approximate surface area is 138 Å². The van der Waals surface area contributed by atoms with Crippen LogP contribution in [-0.4, -0.2) is 11.6 Å². The van der Waals surface area contributed by atoms with Crippen LogP contribution >= 0.6 is 0 Å². The van der Waals surface area contributed by atoms with E-state index in [-0.39, 0.29) is 5.75 Å². The number of carbonyl (C=O) groups is 1. The number of fused-ring (bicyclic) bond motifs is 2. The van der Waals surface area contributed by atoms with Gasteiger partial charge in [0.1, 0.15) is 11.5 Å². The van der Waals surface area contributed by atoms with E-state index in [2.05, 4.69) is 0 Å². The molecule has 0 aliphatic carbocycles. The Morgan fingerprint density at radius 2 is 1.29 bits per heavy atom. The first kappa shape index (κ1) is 14.3. The number of phenolic OH excluding ortho intramolecular Hbond substituents is 1. The second-order valence-corrected chi connectivity index (χ2v) is 5.55. The zero-order chi connectivity index (χ0) is 16.5. The zero-order valence-electron chi connectivity index (χ0n) is 12.8. The van der Waals surface area contributed by atoms with E-state index in [0.29, 0.717) is 17.8 Å². The van der Waals surface area contributed by atoms with Crippen molar-refractivity contribution in [3.8, 4) is 22.6 Å². The Morgan fingerprint density at radius 3 is 1.96 bits per heavy atom. The Bertz CT molecular complexity index is 1070. The van der Waals surface area contributed by atoms with Gasteiger partial charge in [0.25, 0.3) is 6.47 Å². The molecule has 0 heterocycles. The van der Waals surface area contributed by atoms with Crippen molar-refractivity contribution in [2.45, 2.75) is 0 Å². The van der Waals surface area contributed by atoms with E-state index in [1.54, 1.807) is 12.1 Å². The van der Waals surface area contributed by atoms with Crippen LogP contribution in [0, 0.1) is 0 Å². The molecule has 0 saturated carbocycles. The third-order valence-electron chi connectivity index (χ3n) is 4.22. The number of phenols is 1. The topological polar surface area (TPSA) is 46.5 Å². The number of aromatic hydroxyl groups is 1. The third kappa shape index (κ3) is 2.18. The minimum absolute atomic E-state index is 0.154. The molecule has 3 nitrogen and oxygen atoms in total. The highest BCUT2D eigenvalue weighted by Gasteiger charge is 2.17. The lowest BCUT2D eigenvalue weighted by molar-refractivity contribution is -0.120. The van der Waals surface area contributed by atoms with Gasteiger partial charge in [-0.05, 0) is 33.7 Å². The standard InChI is InChI=1S/C21H14O3/c22-13-24-19-12-10-15-6-2-4-8-17(15)21(19)20-16-7-3-1-5-14(16)9-11-18(20)23/h1-13,23H. The van der Waals surface area contributed by atoms with Crippen molar-refractivity contribution in [1.29, 1.82) is 0 Å². The van der Waals surface area contributed by atoms with Crippen LogP contribution in [-0.2, 0) is 4.79 Å². The SMILES string of the molecule is O=COc1ccc2ccccc2c1-c1c(O)ccc2ccccc12. The molecule has 0 bridgehead atoms. The van der Waals surface area contributed by atoms with Crippen LogP contribution in [0.2, 0.25) is 0 Å². The van der Waals surface area contributed by atoms with Crippen molar-refractivity contribution >= 4 is 28.0 Å². The predicted molar refractivity (Wildman–Crippen MR) is 95.2 cm³/mol. The average molecular weight is 314 g/mol. The first-order valence-electron chi connectivity index (χ1n) is 7.63. The monoisotopic (exact) mass is 314 g/mol. The average Bonchev–Trinajstić information content (AvgIpc) is 2.62. The van der Waals surface area contributed by atoms with Gasteiger partial charge in [0.15, 0.2) is 0 Å². The fraction of sp³-hybridized carbons (Fsp3) is 0. The summed E-state index contributed by atoms with van der Waals surface area (Å²) >= 11 is 0. The summed E-state index contributed by atoms with van der Waals surface area (Å²) in [4.78, 5) is 11.0. The lowest BCUT2D eigenvalue weighted by Crippen LogP contribution is -1.94.